The number of imide groups is 1. The first-order valence-corrected chi connectivity index (χ1v) is 14.3. The second-order valence-corrected chi connectivity index (χ2v) is 11.7. The molecule has 3 aliphatic carbocycles. The number of ketones is 2. The minimum Gasteiger partial charge on any atom is -0.508 e. The van der Waals surface area contributed by atoms with Crippen LogP contribution in [0.4, 0.5) is 5.69 Å². The number of rotatable bonds is 8. The number of ether oxygens (including phenoxy) is 2. The number of esters is 1. The van der Waals surface area contributed by atoms with Crippen molar-refractivity contribution in [3.05, 3.63) is 45.9 Å². The summed E-state index contributed by atoms with van der Waals surface area (Å²) in [5.41, 5.74) is -1.74. The molecule has 0 bridgehead atoms. The molecule has 0 aromatic heterocycles. The highest BCUT2D eigenvalue weighted by Crippen LogP contribution is 2.55. The Hall–Kier alpha value is -4.03. The molecule has 3 N–H and O–H groups in total. The van der Waals surface area contributed by atoms with Gasteiger partial charge in [-0.2, -0.15) is 0 Å². The van der Waals surface area contributed by atoms with Gasteiger partial charge in [0.2, 0.25) is 5.91 Å². The van der Waals surface area contributed by atoms with Crippen LogP contribution in [0.2, 0.25) is 0 Å². The molecule has 43 heavy (non-hydrogen) atoms. The number of fused-ring (bicyclic) bond motifs is 3. The van der Waals surface area contributed by atoms with Crippen LogP contribution in [-0.4, -0.2) is 90.9 Å². The first-order valence-electron chi connectivity index (χ1n) is 14.3. The van der Waals surface area contributed by atoms with Crippen molar-refractivity contribution < 1.29 is 43.7 Å². The number of nitrogens with one attached hydrogen (secondary N) is 1. The molecule has 0 saturated heterocycles. The van der Waals surface area contributed by atoms with Gasteiger partial charge in [0, 0.05) is 45.1 Å². The van der Waals surface area contributed by atoms with Gasteiger partial charge in [-0.1, -0.05) is 13.3 Å². The highest BCUT2D eigenvalue weighted by molar-refractivity contribution is 6.25. The van der Waals surface area contributed by atoms with Gasteiger partial charge in [-0.15, -0.1) is 0 Å². The molecule has 12 heteroatoms. The molecule has 0 spiro atoms. The molecule has 4 atom stereocenters. The third kappa shape index (κ3) is 5.33. The van der Waals surface area contributed by atoms with Crippen molar-refractivity contribution in [2.45, 2.75) is 58.1 Å². The van der Waals surface area contributed by atoms with E-state index in [2.05, 4.69) is 0 Å². The number of aliphatic hydroxyl groups excluding tert-OH is 1. The molecule has 0 heterocycles. The van der Waals surface area contributed by atoms with Crippen LogP contribution in [0.3, 0.4) is 0 Å². The molecule has 3 aliphatic rings. The minimum atomic E-state index is -2.61. The first kappa shape index (κ1) is 31.9. The number of nitrogens with zero attached hydrogens (tertiary/aromatic N) is 2. The van der Waals surface area contributed by atoms with Gasteiger partial charge >= 0.3 is 5.97 Å². The monoisotopic (exact) mass is 597 g/mol. The lowest BCUT2D eigenvalue weighted by atomic mass is 9.59. The molecule has 0 aliphatic heterocycles. The molecular formula is C31H39N3O9. The maximum atomic E-state index is 14.5. The molecule has 232 valence electrons. The Morgan fingerprint density at radius 1 is 1.12 bits per heavy atom. The molecular weight excluding hydrogens is 558 g/mol. The van der Waals surface area contributed by atoms with E-state index in [-0.39, 0.29) is 17.6 Å². The second kappa shape index (κ2) is 11.9. The zero-order valence-electron chi connectivity index (χ0n) is 25.6. The number of amides is 2. The summed E-state index contributed by atoms with van der Waals surface area (Å²) in [6.45, 7) is 4.52. The standard InChI is InChI=1S/C31H39N3O9/c1-8-9-12-42-21-11-10-20(33(4)5)18-13-17-14-19-25(34(6)7)27(38)24(30(40)32-15(2)35)28(39)31(19,41)29(43-16(3)36)22(17)26(37)23(18)21/h10-11,17,19,25,39,41H,8-9,12-14H2,1-7H3,(H,32,35,40). The highest BCUT2D eigenvalue weighted by Gasteiger charge is 2.63. The number of aliphatic hydroxyl groups is 2. The Bertz CT molecular complexity index is 1460. The van der Waals surface area contributed by atoms with Crippen molar-refractivity contribution in [2.75, 3.05) is 39.7 Å². The van der Waals surface area contributed by atoms with E-state index in [4.69, 9.17) is 9.47 Å². The summed E-state index contributed by atoms with van der Waals surface area (Å²) in [7, 11) is 6.85. The third-order valence-corrected chi connectivity index (χ3v) is 8.30. The second-order valence-electron chi connectivity index (χ2n) is 11.7. The molecule has 4 rings (SSSR count). The molecule has 0 fully saturated rings. The molecule has 12 nitrogen and oxygen atoms in total. The molecule has 1 aromatic carbocycles. The summed E-state index contributed by atoms with van der Waals surface area (Å²) in [5, 5.41) is 25.8. The highest BCUT2D eigenvalue weighted by atomic mass is 16.6. The molecule has 0 radical (unpaired) electrons. The van der Waals surface area contributed by atoms with Crippen molar-refractivity contribution in [1.29, 1.82) is 0 Å². The number of carbonyl (C=O) groups excluding carboxylic acids is 5. The first-order chi connectivity index (χ1) is 20.2. The molecule has 4 unspecified atom stereocenters. The summed E-state index contributed by atoms with van der Waals surface area (Å²) in [6.07, 6.45) is 1.97. The normalized spacial score (nSPS) is 24.7. The van der Waals surface area contributed by atoms with E-state index in [1.165, 1.54) is 4.90 Å². The minimum absolute atomic E-state index is 0.0375. The molecule has 1 aromatic rings. The van der Waals surface area contributed by atoms with Gasteiger partial charge in [0.1, 0.15) is 17.1 Å². The van der Waals surface area contributed by atoms with E-state index in [0.717, 1.165) is 37.9 Å². The number of carbonyl (C=O) groups is 5. The summed E-state index contributed by atoms with van der Waals surface area (Å²) in [6, 6.07) is 2.40. The predicted molar refractivity (Wildman–Crippen MR) is 156 cm³/mol. The number of unbranched alkanes of at least 4 members (excludes halogenated alkanes) is 1. The SMILES string of the molecule is CCCCOc1ccc(N(C)C)c2c1C(=O)C1=C(OC(C)=O)C3(O)C(O)=C(C(=O)NC(C)=O)C(=O)C(N(C)C)C3CC1C2. The van der Waals surface area contributed by atoms with Gasteiger partial charge in [-0.25, -0.2) is 0 Å². The van der Waals surface area contributed by atoms with Crippen LogP contribution in [0.25, 0.3) is 0 Å². The average molecular weight is 598 g/mol. The van der Waals surface area contributed by atoms with E-state index >= 15 is 0 Å². The topological polar surface area (TPSA) is 163 Å². The van der Waals surface area contributed by atoms with Crippen LogP contribution in [0.15, 0.2) is 34.8 Å². The third-order valence-electron chi connectivity index (χ3n) is 8.30. The van der Waals surface area contributed by atoms with Crippen LogP contribution >= 0.6 is 0 Å². The quantitative estimate of drug-likeness (QED) is 0.228. The maximum Gasteiger partial charge on any atom is 0.307 e. The predicted octanol–water partition coefficient (Wildman–Crippen LogP) is 1.84. The number of allylic oxidation sites excluding steroid dienone is 1. The van der Waals surface area contributed by atoms with E-state index < -0.39 is 69.9 Å². The Morgan fingerprint density at radius 3 is 2.35 bits per heavy atom. The zero-order chi connectivity index (χ0) is 32.0. The van der Waals surface area contributed by atoms with E-state index in [9.17, 15) is 34.2 Å². The lowest BCUT2D eigenvalue weighted by Gasteiger charge is -2.51. The van der Waals surface area contributed by atoms with E-state index in [1.807, 2.05) is 37.3 Å². The number of likely N-dealkylation sites (N-methyl/N-ethyl adjacent to an activating group) is 1. The van der Waals surface area contributed by atoms with Crippen LogP contribution in [0, 0.1) is 11.8 Å². The lowest BCUT2D eigenvalue weighted by Crippen LogP contribution is -2.63. The van der Waals surface area contributed by atoms with Crippen LogP contribution in [0.5, 0.6) is 5.75 Å². The van der Waals surface area contributed by atoms with Crippen LogP contribution < -0.4 is 15.0 Å². The van der Waals surface area contributed by atoms with Crippen molar-refractivity contribution >= 4 is 35.0 Å². The zero-order valence-corrected chi connectivity index (χ0v) is 25.6. The van der Waals surface area contributed by atoms with Crippen molar-refractivity contribution in [3.8, 4) is 5.75 Å². The Kier molecular flexibility index (Phi) is 8.85. The van der Waals surface area contributed by atoms with Gasteiger partial charge in [0.15, 0.2) is 22.9 Å². The van der Waals surface area contributed by atoms with Crippen molar-refractivity contribution in [3.63, 3.8) is 0 Å². The van der Waals surface area contributed by atoms with Gasteiger partial charge in [0.25, 0.3) is 5.91 Å². The van der Waals surface area contributed by atoms with Gasteiger partial charge in [0.05, 0.1) is 18.2 Å². The van der Waals surface area contributed by atoms with Gasteiger partial charge < -0.3 is 24.6 Å². The summed E-state index contributed by atoms with van der Waals surface area (Å²) >= 11 is 0. The Labute approximate surface area is 250 Å². The van der Waals surface area contributed by atoms with Crippen LogP contribution in [0.1, 0.15) is 56.0 Å². The van der Waals surface area contributed by atoms with Gasteiger partial charge in [-0.05, 0) is 57.0 Å². The summed E-state index contributed by atoms with van der Waals surface area (Å²) in [4.78, 5) is 68.7. The van der Waals surface area contributed by atoms with E-state index in [0.29, 0.717) is 18.8 Å². The van der Waals surface area contributed by atoms with Crippen molar-refractivity contribution in [1.82, 2.24) is 10.2 Å². The maximum absolute atomic E-state index is 14.5. The number of hydrogen-bond acceptors (Lipinski definition) is 11. The fourth-order valence-corrected chi connectivity index (χ4v) is 6.54. The fourth-order valence-electron chi connectivity index (χ4n) is 6.54. The smallest absolute Gasteiger partial charge is 0.307 e. The molecule has 2 amide bonds. The Morgan fingerprint density at radius 2 is 1.79 bits per heavy atom. The summed E-state index contributed by atoms with van der Waals surface area (Å²) in [5.74, 6) is -7.25. The lowest BCUT2D eigenvalue weighted by molar-refractivity contribution is -0.148. The Balaban J connectivity index is 2.04. The summed E-state index contributed by atoms with van der Waals surface area (Å²) < 4.78 is 11.6. The largest absolute Gasteiger partial charge is 0.508 e. The molecule has 0 saturated carbocycles. The number of anilines is 1. The number of benzene rings is 1. The number of Topliss-reactive ketones (excluding diaryl/α,β-unsaturated/α-hetero) is 2. The van der Waals surface area contributed by atoms with Gasteiger partial charge in [-0.3, -0.25) is 34.2 Å². The van der Waals surface area contributed by atoms with Crippen LogP contribution in [-0.2, 0) is 30.3 Å². The number of hydrogen-bond donors (Lipinski definition) is 3. The fraction of sp³-hybridized carbons (Fsp3) is 0.516. The van der Waals surface area contributed by atoms with E-state index in [1.54, 1.807) is 20.2 Å². The van der Waals surface area contributed by atoms with Crippen molar-refractivity contribution in [2.24, 2.45) is 11.8 Å². The average Bonchev–Trinajstić information content (AvgIpc) is 2.89.